The van der Waals surface area contributed by atoms with Gasteiger partial charge in [0.05, 0.1) is 6.61 Å². The van der Waals surface area contributed by atoms with Gasteiger partial charge in [0.1, 0.15) is 6.61 Å². The van der Waals surface area contributed by atoms with Crippen molar-refractivity contribution in [3.63, 3.8) is 0 Å². The number of alkyl carbamates (subject to hydrolysis) is 1. The lowest BCUT2D eigenvalue weighted by atomic mass is 9.98. The number of carboxylic acid groups (broad SMARTS) is 1. The number of amides is 2. The summed E-state index contributed by atoms with van der Waals surface area (Å²) in [6.45, 7) is 2.42. The van der Waals surface area contributed by atoms with Crippen LogP contribution in [0.25, 0.3) is 11.1 Å². The molecule has 8 nitrogen and oxygen atoms in total. The monoisotopic (exact) mass is 440 g/mol. The number of aliphatic hydroxyl groups excluding tert-OH is 1. The zero-order valence-electron chi connectivity index (χ0n) is 18.1. The van der Waals surface area contributed by atoms with Crippen LogP contribution in [0.3, 0.4) is 0 Å². The number of hydrogen-bond donors (Lipinski definition) is 4. The van der Waals surface area contributed by atoms with Crippen LogP contribution >= 0.6 is 0 Å². The summed E-state index contributed by atoms with van der Waals surface area (Å²) in [5.41, 5.74) is 2.69. The Labute approximate surface area is 186 Å². The van der Waals surface area contributed by atoms with Gasteiger partial charge in [-0.25, -0.2) is 9.59 Å². The normalized spacial score (nSPS) is 15.1. The molecule has 0 aliphatic heterocycles. The summed E-state index contributed by atoms with van der Waals surface area (Å²) >= 11 is 0. The van der Waals surface area contributed by atoms with E-state index in [1.807, 2.05) is 36.4 Å². The molecule has 32 heavy (non-hydrogen) atoms. The number of benzene rings is 2. The molecular weight excluding hydrogens is 412 g/mol. The van der Waals surface area contributed by atoms with Gasteiger partial charge in [-0.15, -0.1) is 0 Å². The first-order chi connectivity index (χ1) is 15.3. The van der Waals surface area contributed by atoms with Gasteiger partial charge in [-0.05, 0) is 35.6 Å². The Hall–Kier alpha value is -3.39. The lowest BCUT2D eigenvalue weighted by molar-refractivity contribution is -0.148. The first-order valence-electron chi connectivity index (χ1n) is 10.6. The fraction of sp³-hybridized carbons (Fsp3) is 0.375. The molecule has 2 aromatic carbocycles. The summed E-state index contributed by atoms with van der Waals surface area (Å²) in [5.74, 6) is -2.00. The number of carbonyl (C=O) groups excluding carboxylic acids is 2. The van der Waals surface area contributed by atoms with Crippen LogP contribution in [-0.4, -0.2) is 53.0 Å². The van der Waals surface area contributed by atoms with Gasteiger partial charge in [0.2, 0.25) is 5.91 Å². The highest BCUT2D eigenvalue weighted by Crippen LogP contribution is 2.44. The Morgan fingerprint density at radius 2 is 1.62 bits per heavy atom. The molecule has 2 atom stereocenters. The average Bonchev–Trinajstić information content (AvgIpc) is 3.10. The fourth-order valence-corrected chi connectivity index (χ4v) is 3.85. The van der Waals surface area contributed by atoms with Crippen LogP contribution in [0.2, 0.25) is 0 Å². The maximum absolute atomic E-state index is 12.4. The zero-order valence-corrected chi connectivity index (χ0v) is 18.1. The second-order valence-electron chi connectivity index (χ2n) is 8.12. The molecule has 3 rings (SSSR count). The average molecular weight is 440 g/mol. The van der Waals surface area contributed by atoms with Crippen molar-refractivity contribution in [2.24, 2.45) is 0 Å². The summed E-state index contributed by atoms with van der Waals surface area (Å²) in [5, 5.41) is 23.4. The van der Waals surface area contributed by atoms with Gasteiger partial charge in [0.15, 0.2) is 5.54 Å². The van der Waals surface area contributed by atoms with Crippen LogP contribution in [-0.2, 0) is 14.3 Å². The molecule has 2 unspecified atom stereocenters. The van der Waals surface area contributed by atoms with Crippen LogP contribution in [0.15, 0.2) is 48.5 Å². The highest BCUT2D eigenvalue weighted by Gasteiger charge is 2.35. The van der Waals surface area contributed by atoms with Crippen molar-refractivity contribution in [2.75, 3.05) is 13.2 Å². The Balaban J connectivity index is 1.58. The van der Waals surface area contributed by atoms with Crippen molar-refractivity contribution in [1.29, 1.82) is 0 Å². The molecule has 0 spiro atoms. The van der Waals surface area contributed by atoms with Crippen LogP contribution in [0.4, 0.5) is 4.79 Å². The van der Waals surface area contributed by atoms with E-state index in [4.69, 9.17) is 9.84 Å². The van der Waals surface area contributed by atoms with Crippen LogP contribution in [0.5, 0.6) is 0 Å². The number of aliphatic carboxylic acids is 1. The maximum Gasteiger partial charge on any atom is 0.407 e. The molecular formula is C24H28N2O6. The quantitative estimate of drug-likeness (QED) is 0.475. The molecule has 170 valence electrons. The van der Waals surface area contributed by atoms with E-state index >= 15 is 0 Å². The Morgan fingerprint density at radius 3 is 2.12 bits per heavy atom. The van der Waals surface area contributed by atoms with E-state index in [2.05, 4.69) is 22.8 Å². The third kappa shape index (κ3) is 4.91. The van der Waals surface area contributed by atoms with Gasteiger partial charge in [0.25, 0.3) is 0 Å². The van der Waals surface area contributed by atoms with Crippen molar-refractivity contribution in [3.8, 4) is 11.1 Å². The van der Waals surface area contributed by atoms with E-state index in [1.54, 1.807) is 6.92 Å². The van der Waals surface area contributed by atoms with Gasteiger partial charge >= 0.3 is 12.1 Å². The van der Waals surface area contributed by atoms with E-state index in [0.717, 1.165) is 22.3 Å². The van der Waals surface area contributed by atoms with Crippen LogP contribution < -0.4 is 10.6 Å². The highest BCUT2D eigenvalue weighted by molar-refractivity contribution is 5.87. The highest BCUT2D eigenvalue weighted by atomic mass is 16.5. The number of aliphatic hydroxyl groups is 1. The Morgan fingerprint density at radius 1 is 1.06 bits per heavy atom. The van der Waals surface area contributed by atoms with E-state index in [9.17, 15) is 19.5 Å². The molecule has 0 fully saturated rings. The molecule has 1 aliphatic rings. The van der Waals surface area contributed by atoms with Gasteiger partial charge < -0.3 is 25.6 Å². The number of hydrogen-bond acceptors (Lipinski definition) is 5. The molecule has 2 amide bonds. The van der Waals surface area contributed by atoms with Crippen molar-refractivity contribution in [1.82, 2.24) is 10.6 Å². The second-order valence-corrected chi connectivity index (χ2v) is 8.12. The molecule has 1 aliphatic carbocycles. The lowest BCUT2D eigenvalue weighted by Gasteiger charge is -2.25. The van der Waals surface area contributed by atoms with Gasteiger partial charge in [-0.1, -0.05) is 55.5 Å². The third-order valence-electron chi connectivity index (χ3n) is 5.79. The van der Waals surface area contributed by atoms with E-state index in [-0.39, 0.29) is 18.9 Å². The molecule has 0 radical (unpaired) electrons. The van der Waals surface area contributed by atoms with E-state index < -0.39 is 36.2 Å². The Kier molecular flexibility index (Phi) is 7.15. The molecule has 8 heteroatoms. The Bertz CT molecular complexity index is 962. The molecule has 0 saturated carbocycles. The van der Waals surface area contributed by atoms with Gasteiger partial charge in [-0.2, -0.15) is 0 Å². The number of rotatable bonds is 9. The first-order valence-corrected chi connectivity index (χ1v) is 10.6. The first kappa shape index (κ1) is 23.3. The molecule has 0 aromatic heterocycles. The summed E-state index contributed by atoms with van der Waals surface area (Å²) in [6, 6.07) is 15.5. The summed E-state index contributed by atoms with van der Waals surface area (Å²) in [7, 11) is 0. The minimum absolute atomic E-state index is 0.0719. The number of carboxylic acids is 1. The summed E-state index contributed by atoms with van der Waals surface area (Å²) in [4.78, 5) is 35.9. The fourth-order valence-electron chi connectivity index (χ4n) is 3.85. The van der Waals surface area contributed by atoms with Crippen molar-refractivity contribution in [3.05, 3.63) is 59.7 Å². The topological polar surface area (TPSA) is 125 Å². The second kappa shape index (κ2) is 9.82. The number of nitrogens with one attached hydrogen (secondary N) is 2. The predicted octanol–water partition coefficient (Wildman–Crippen LogP) is 2.65. The molecule has 2 aromatic rings. The number of fused-ring (bicyclic) bond motifs is 3. The zero-order chi connectivity index (χ0) is 23.3. The van der Waals surface area contributed by atoms with Crippen molar-refractivity contribution in [2.45, 2.75) is 44.2 Å². The summed E-state index contributed by atoms with van der Waals surface area (Å²) in [6.07, 6.45) is -0.334. The van der Waals surface area contributed by atoms with Gasteiger partial charge in [0, 0.05) is 18.4 Å². The standard InChI is InChI=1S/C24H28N2O6/c1-3-15(12-21(28)26-24(2,14-27)22(29)30)25-23(31)32-13-20-18-10-6-4-8-16(18)17-9-5-7-11-19(17)20/h4-11,15,20,27H,3,12-14H2,1-2H3,(H,25,31)(H,26,28)(H,29,30). The van der Waals surface area contributed by atoms with Crippen molar-refractivity contribution < 1.29 is 29.3 Å². The number of ether oxygens (including phenoxy) is 1. The van der Waals surface area contributed by atoms with Gasteiger partial charge in [-0.3, -0.25) is 4.79 Å². The maximum atomic E-state index is 12.4. The minimum Gasteiger partial charge on any atom is -0.479 e. The molecule has 0 heterocycles. The largest absolute Gasteiger partial charge is 0.479 e. The summed E-state index contributed by atoms with van der Waals surface area (Å²) < 4.78 is 5.50. The van der Waals surface area contributed by atoms with E-state index in [0.29, 0.717) is 6.42 Å². The smallest absolute Gasteiger partial charge is 0.407 e. The van der Waals surface area contributed by atoms with Crippen LogP contribution in [0.1, 0.15) is 43.7 Å². The predicted molar refractivity (Wildman–Crippen MR) is 118 cm³/mol. The number of carbonyl (C=O) groups is 3. The molecule has 0 bridgehead atoms. The van der Waals surface area contributed by atoms with E-state index in [1.165, 1.54) is 6.92 Å². The molecule has 4 N–H and O–H groups in total. The third-order valence-corrected chi connectivity index (χ3v) is 5.79. The SMILES string of the molecule is CCC(CC(=O)NC(C)(CO)C(=O)O)NC(=O)OCC1c2ccccc2-c2ccccc21. The van der Waals surface area contributed by atoms with Crippen molar-refractivity contribution >= 4 is 18.0 Å². The lowest BCUT2D eigenvalue weighted by Crippen LogP contribution is -2.55. The minimum atomic E-state index is -1.78. The molecule has 0 saturated heterocycles. The van der Waals surface area contributed by atoms with Crippen LogP contribution in [0, 0.1) is 0 Å².